The summed E-state index contributed by atoms with van der Waals surface area (Å²) in [6.45, 7) is 4.05. The SMILES string of the molecule is Cc1ccc(CSc2nnc3c(n2)O[C@@H](c2cccc(C)n2)Nc2ccccc2-3)cc1. The molecule has 0 fully saturated rings. The van der Waals surface area contributed by atoms with Crippen LogP contribution in [0.2, 0.25) is 0 Å². The zero-order chi connectivity index (χ0) is 21.2. The van der Waals surface area contributed by atoms with Gasteiger partial charge in [0.25, 0.3) is 0 Å². The minimum atomic E-state index is -0.478. The summed E-state index contributed by atoms with van der Waals surface area (Å²) in [5.41, 5.74) is 6.60. The van der Waals surface area contributed by atoms with Crippen LogP contribution < -0.4 is 10.1 Å². The van der Waals surface area contributed by atoms with Gasteiger partial charge in [0, 0.05) is 22.7 Å². The summed E-state index contributed by atoms with van der Waals surface area (Å²) in [6.07, 6.45) is -0.478. The minimum Gasteiger partial charge on any atom is -0.446 e. The fraction of sp³-hybridized carbons (Fsp3) is 0.167. The summed E-state index contributed by atoms with van der Waals surface area (Å²) in [4.78, 5) is 9.34. The van der Waals surface area contributed by atoms with Crippen LogP contribution in [0.5, 0.6) is 5.88 Å². The molecule has 0 saturated heterocycles. The molecule has 0 bridgehead atoms. The van der Waals surface area contributed by atoms with Gasteiger partial charge in [0.05, 0.1) is 0 Å². The van der Waals surface area contributed by atoms with Crippen LogP contribution in [0.1, 0.15) is 28.7 Å². The minimum absolute atomic E-state index is 0.451. The zero-order valence-electron chi connectivity index (χ0n) is 17.2. The Hall–Kier alpha value is -3.45. The fourth-order valence-electron chi connectivity index (χ4n) is 3.38. The smallest absolute Gasteiger partial charge is 0.247 e. The summed E-state index contributed by atoms with van der Waals surface area (Å²) < 4.78 is 6.29. The van der Waals surface area contributed by atoms with Crippen molar-refractivity contribution >= 4 is 17.4 Å². The van der Waals surface area contributed by atoms with Gasteiger partial charge in [0.1, 0.15) is 5.69 Å². The third-order valence-electron chi connectivity index (χ3n) is 5.00. The predicted octanol–water partition coefficient (Wildman–Crippen LogP) is 5.35. The van der Waals surface area contributed by atoms with Crippen molar-refractivity contribution in [3.05, 3.63) is 89.2 Å². The number of rotatable bonds is 4. The molecule has 6 nitrogen and oxygen atoms in total. The van der Waals surface area contributed by atoms with Gasteiger partial charge in [-0.05, 0) is 37.6 Å². The first-order valence-electron chi connectivity index (χ1n) is 10.0. The van der Waals surface area contributed by atoms with E-state index in [-0.39, 0.29) is 0 Å². The molecule has 31 heavy (non-hydrogen) atoms. The number of aryl methyl sites for hydroxylation is 2. The maximum absolute atomic E-state index is 6.29. The molecule has 0 amide bonds. The van der Waals surface area contributed by atoms with E-state index in [0.29, 0.717) is 16.7 Å². The lowest BCUT2D eigenvalue weighted by Crippen LogP contribution is -2.18. The van der Waals surface area contributed by atoms with Crippen LogP contribution in [0.25, 0.3) is 11.3 Å². The van der Waals surface area contributed by atoms with Gasteiger partial charge < -0.3 is 10.1 Å². The van der Waals surface area contributed by atoms with Gasteiger partial charge in [-0.15, -0.1) is 10.2 Å². The van der Waals surface area contributed by atoms with Crippen LogP contribution in [0, 0.1) is 13.8 Å². The third kappa shape index (κ3) is 4.22. The number of fused-ring (bicyclic) bond motifs is 3. The number of para-hydroxylation sites is 1. The van der Waals surface area contributed by atoms with E-state index in [2.05, 4.69) is 51.7 Å². The molecule has 154 valence electrons. The standard InChI is InChI=1S/C24H21N5OS/c1-15-10-12-17(13-11-15)14-31-24-27-23-21(28-29-24)18-7-3-4-8-19(18)26-22(30-23)20-9-5-6-16(2)25-20/h3-13,22,26H,14H2,1-2H3/t22-/m0/s1. The molecule has 2 aromatic carbocycles. The maximum atomic E-state index is 6.29. The molecule has 1 aliphatic heterocycles. The second-order valence-electron chi connectivity index (χ2n) is 7.41. The average Bonchev–Trinajstić information content (AvgIpc) is 2.95. The number of hydrogen-bond acceptors (Lipinski definition) is 7. The molecule has 0 aliphatic carbocycles. The van der Waals surface area contributed by atoms with Crippen LogP contribution in [-0.2, 0) is 5.75 Å². The second-order valence-corrected chi connectivity index (χ2v) is 8.36. The van der Waals surface area contributed by atoms with E-state index < -0.39 is 6.23 Å². The number of ether oxygens (including phenoxy) is 1. The van der Waals surface area contributed by atoms with E-state index in [1.807, 2.05) is 49.4 Å². The van der Waals surface area contributed by atoms with Gasteiger partial charge in [-0.2, -0.15) is 4.98 Å². The summed E-state index contributed by atoms with van der Waals surface area (Å²) in [7, 11) is 0. The van der Waals surface area contributed by atoms with Crippen LogP contribution in [-0.4, -0.2) is 20.2 Å². The highest BCUT2D eigenvalue weighted by atomic mass is 32.2. The van der Waals surface area contributed by atoms with Crippen molar-refractivity contribution in [2.24, 2.45) is 0 Å². The van der Waals surface area contributed by atoms with Crippen LogP contribution in [0.3, 0.4) is 0 Å². The van der Waals surface area contributed by atoms with Crippen molar-refractivity contribution in [2.75, 3.05) is 5.32 Å². The topological polar surface area (TPSA) is 72.8 Å². The Morgan fingerprint density at radius 2 is 1.74 bits per heavy atom. The zero-order valence-corrected chi connectivity index (χ0v) is 18.1. The molecular formula is C24H21N5OS. The molecule has 2 aromatic heterocycles. The van der Waals surface area contributed by atoms with Gasteiger partial charge >= 0.3 is 0 Å². The normalized spacial score (nSPS) is 14.6. The second kappa shape index (κ2) is 8.35. The van der Waals surface area contributed by atoms with Crippen molar-refractivity contribution in [1.29, 1.82) is 0 Å². The molecule has 3 heterocycles. The lowest BCUT2D eigenvalue weighted by molar-refractivity contribution is 0.220. The van der Waals surface area contributed by atoms with Gasteiger partial charge in [0.2, 0.25) is 17.3 Å². The number of hydrogen-bond donors (Lipinski definition) is 1. The monoisotopic (exact) mass is 427 g/mol. The Labute approximate surface area is 185 Å². The summed E-state index contributed by atoms with van der Waals surface area (Å²) in [5, 5.41) is 12.8. The Balaban J connectivity index is 1.48. The number of aromatic nitrogens is 4. The quantitative estimate of drug-likeness (QED) is 0.440. The van der Waals surface area contributed by atoms with E-state index in [1.54, 1.807) is 0 Å². The highest BCUT2D eigenvalue weighted by Crippen LogP contribution is 2.39. The number of nitrogens with one attached hydrogen (secondary N) is 1. The lowest BCUT2D eigenvalue weighted by atomic mass is 10.1. The van der Waals surface area contributed by atoms with Crippen LogP contribution >= 0.6 is 11.8 Å². The van der Waals surface area contributed by atoms with E-state index in [9.17, 15) is 0 Å². The van der Waals surface area contributed by atoms with Crippen molar-refractivity contribution in [2.45, 2.75) is 31.0 Å². The molecule has 1 aliphatic rings. The van der Waals surface area contributed by atoms with Crippen LogP contribution in [0.15, 0.2) is 71.9 Å². The molecule has 5 rings (SSSR count). The van der Waals surface area contributed by atoms with Gasteiger partial charge in [-0.1, -0.05) is 65.9 Å². The summed E-state index contributed by atoms with van der Waals surface area (Å²) >= 11 is 1.54. The van der Waals surface area contributed by atoms with Crippen molar-refractivity contribution < 1.29 is 4.74 Å². The summed E-state index contributed by atoms with van der Waals surface area (Å²) in [6, 6.07) is 22.3. The Bertz CT molecular complexity index is 1230. The van der Waals surface area contributed by atoms with E-state index >= 15 is 0 Å². The van der Waals surface area contributed by atoms with Crippen molar-refractivity contribution in [1.82, 2.24) is 20.2 Å². The van der Waals surface area contributed by atoms with Gasteiger partial charge in [-0.3, -0.25) is 4.98 Å². The summed E-state index contributed by atoms with van der Waals surface area (Å²) in [5.74, 6) is 1.21. The molecule has 1 atom stereocenters. The van der Waals surface area contributed by atoms with Crippen LogP contribution in [0.4, 0.5) is 5.69 Å². The molecule has 0 radical (unpaired) electrons. The molecule has 0 saturated carbocycles. The number of nitrogens with zero attached hydrogens (tertiary/aromatic N) is 4. The Kier molecular flexibility index (Phi) is 5.26. The number of benzene rings is 2. The molecular weight excluding hydrogens is 406 g/mol. The van der Waals surface area contributed by atoms with Gasteiger partial charge in [0.15, 0.2) is 5.69 Å². The first-order chi connectivity index (χ1) is 15.2. The first-order valence-corrected chi connectivity index (χ1v) is 11.0. The number of anilines is 1. The highest BCUT2D eigenvalue weighted by Gasteiger charge is 2.26. The average molecular weight is 428 g/mol. The molecule has 7 heteroatoms. The lowest BCUT2D eigenvalue weighted by Gasteiger charge is -2.18. The molecule has 4 aromatic rings. The maximum Gasteiger partial charge on any atom is 0.247 e. The van der Waals surface area contributed by atoms with Gasteiger partial charge in [-0.25, -0.2) is 0 Å². The van der Waals surface area contributed by atoms with E-state index in [4.69, 9.17) is 9.72 Å². The number of thioether (sulfide) groups is 1. The van der Waals surface area contributed by atoms with Crippen molar-refractivity contribution in [3.8, 4) is 17.1 Å². The van der Waals surface area contributed by atoms with E-state index in [1.165, 1.54) is 22.9 Å². The third-order valence-corrected chi connectivity index (χ3v) is 5.91. The largest absolute Gasteiger partial charge is 0.446 e. The highest BCUT2D eigenvalue weighted by molar-refractivity contribution is 7.98. The Morgan fingerprint density at radius 3 is 2.58 bits per heavy atom. The predicted molar refractivity (Wildman–Crippen MR) is 122 cm³/mol. The molecule has 1 N–H and O–H groups in total. The fourth-order valence-corrected chi connectivity index (χ4v) is 4.12. The number of pyridine rings is 1. The molecule has 0 unspecified atom stereocenters. The Morgan fingerprint density at radius 1 is 0.903 bits per heavy atom. The molecule has 0 spiro atoms. The van der Waals surface area contributed by atoms with Crippen molar-refractivity contribution in [3.63, 3.8) is 0 Å². The van der Waals surface area contributed by atoms with E-state index in [0.717, 1.165) is 28.4 Å². The first kappa shape index (κ1) is 19.5.